The molecule has 0 aliphatic carbocycles. The maximum atomic E-state index is 12.2. The van der Waals surface area contributed by atoms with E-state index in [1.54, 1.807) is 0 Å². The molecule has 4 nitrogen and oxygen atoms in total. The average Bonchev–Trinajstić information content (AvgIpc) is 2.64. The van der Waals surface area contributed by atoms with Gasteiger partial charge in [-0.05, 0) is 93.2 Å². The van der Waals surface area contributed by atoms with E-state index in [9.17, 15) is 4.79 Å². The second-order valence-electron chi connectivity index (χ2n) is 7.06. The quantitative estimate of drug-likeness (QED) is 0.411. The van der Waals surface area contributed by atoms with Crippen LogP contribution in [0.25, 0.3) is 0 Å². The number of benzene rings is 1. The SMILES string of the molecule is COC(=O)c1c(C)c(I)c(C)c(B2OC(C)(C)C(C)(C)O2)c1C. The molecule has 1 aliphatic rings. The number of hydrogen-bond donors (Lipinski definition) is 0. The van der Waals surface area contributed by atoms with Crippen molar-refractivity contribution in [3.63, 3.8) is 0 Å². The molecule has 0 aromatic heterocycles. The van der Waals surface area contributed by atoms with Crippen molar-refractivity contribution >= 4 is 41.1 Å². The van der Waals surface area contributed by atoms with E-state index in [1.165, 1.54) is 7.11 Å². The molecule has 1 heterocycles. The monoisotopic (exact) mass is 430 g/mol. The molecule has 0 amide bonds. The zero-order valence-electron chi connectivity index (χ0n) is 15.1. The molecule has 0 N–H and O–H groups in total. The van der Waals surface area contributed by atoms with Gasteiger partial charge in [0.15, 0.2) is 0 Å². The number of halogens is 1. The van der Waals surface area contributed by atoms with Crippen molar-refractivity contribution in [2.45, 2.75) is 59.7 Å². The Bertz CT molecular complexity index is 651. The molecule has 2 rings (SSSR count). The molecule has 0 spiro atoms. The molecule has 126 valence electrons. The van der Waals surface area contributed by atoms with Crippen LogP contribution in [0.15, 0.2) is 0 Å². The number of ether oxygens (including phenoxy) is 1. The minimum Gasteiger partial charge on any atom is -0.465 e. The molecule has 0 bridgehead atoms. The van der Waals surface area contributed by atoms with Crippen LogP contribution in [0.4, 0.5) is 0 Å². The highest BCUT2D eigenvalue weighted by Crippen LogP contribution is 2.37. The fraction of sp³-hybridized carbons (Fsp3) is 0.588. The van der Waals surface area contributed by atoms with Gasteiger partial charge in [0, 0.05) is 3.57 Å². The third-order valence-corrected chi connectivity index (χ3v) is 6.71. The lowest BCUT2D eigenvalue weighted by molar-refractivity contribution is 0.00578. The number of methoxy groups -OCH3 is 1. The highest BCUT2D eigenvalue weighted by molar-refractivity contribution is 14.1. The predicted molar refractivity (Wildman–Crippen MR) is 100 cm³/mol. The molecule has 1 saturated heterocycles. The molecule has 1 fully saturated rings. The number of carbonyl (C=O) groups excluding carboxylic acids is 1. The zero-order valence-corrected chi connectivity index (χ0v) is 17.2. The van der Waals surface area contributed by atoms with Gasteiger partial charge in [0.2, 0.25) is 0 Å². The van der Waals surface area contributed by atoms with Gasteiger partial charge in [-0.15, -0.1) is 0 Å². The van der Waals surface area contributed by atoms with Crippen molar-refractivity contribution in [2.24, 2.45) is 0 Å². The zero-order chi connectivity index (χ0) is 17.7. The lowest BCUT2D eigenvalue weighted by Gasteiger charge is -2.32. The number of hydrogen-bond acceptors (Lipinski definition) is 4. The van der Waals surface area contributed by atoms with Gasteiger partial charge in [0.25, 0.3) is 0 Å². The number of rotatable bonds is 2. The minimum atomic E-state index is -0.488. The summed E-state index contributed by atoms with van der Waals surface area (Å²) in [5, 5.41) is 0. The second-order valence-corrected chi connectivity index (χ2v) is 8.14. The molecule has 0 atom stereocenters. The van der Waals surface area contributed by atoms with Crippen LogP contribution < -0.4 is 5.46 Å². The Labute approximate surface area is 152 Å². The van der Waals surface area contributed by atoms with Crippen LogP contribution in [0.3, 0.4) is 0 Å². The molecule has 1 aliphatic heterocycles. The first-order chi connectivity index (χ1) is 10.4. The summed E-state index contributed by atoms with van der Waals surface area (Å²) in [5.41, 5.74) is 3.59. The average molecular weight is 430 g/mol. The first-order valence-electron chi connectivity index (χ1n) is 7.67. The molecule has 6 heteroatoms. The van der Waals surface area contributed by atoms with E-state index < -0.39 is 18.3 Å². The van der Waals surface area contributed by atoms with Crippen LogP contribution in [0.1, 0.15) is 54.7 Å². The molecule has 1 aromatic carbocycles. The molecule has 23 heavy (non-hydrogen) atoms. The molecule has 0 unspecified atom stereocenters. The largest absolute Gasteiger partial charge is 0.495 e. The van der Waals surface area contributed by atoms with Crippen molar-refractivity contribution in [3.8, 4) is 0 Å². The fourth-order valence-electron chi connectivity index (χ4n) is 2.93. The Morgan fingerprint density at radius 1 is 1.00 bits per heavy atom. The Morgan fingerprint density at radius 2 is 1.48 bits per heavy atom. The van der Waals surface area contributed by atoms with Gasteiger partial charge in [0.05, 0.1) is 23.9 Å². The van der Waals surface area contributed by atoms with Gasteiger partial charge < -0.3 is 14.0 Å². The van der Waals surface area contributed by atoms with E-state index in [0.717, 1.165) is 25.7 Å². The first kappa shape index (κ1) is 18.7. The Hall–Kier alpha value is -0.595. The smallest absolute Gasteiger partial charge is 0.465 e. The van der Waals surface area contributed by atoms with Gasteiger partial charge in [-0.25, -0.2) is 4.79 Å². The topological polar surface area (TPSA) is 44.8 Å². The van der Waals surface area contributed by atoms with Crippen LogP contribution in [-0.4, -0.2) is 31.4 Å². The minimum absolute atomic E-state index is 0.323. The van der Waals surface area contributed by atoms with Crippen molar-refractivity contribution in [1.29, 1.82) is 0 Å². The van der Waals surface area contributed by atoms with Crippen LogP contribution in [0, 0.1) is 24.3 Å². The predicted octanol–water partition coefficient (Wildman–Crippen LogP) is 3.30. The van der Waals surface area contributed by atoms with Crippen molar-refractivity contribution in [2.75, 3.05) is 7.11 Å². The van der Waals surface area contributed by atoms with Gasteiger partial charge in [-0.2, -0.15) is 0 Å². The third-order valence-electron chi connectivity index (χ3n) is 5.09. The van der Waals surface area contributed by atoms with Crippen molar-refractivity contribution in [1.82, 2.24) is 0 Å². The molecular formula is C17H24BIO4. The van der Waals surface area contributed by atoms with Crippen LogP contribution in [0.5, 0.6) is 0 Å². The first-order valence-corrected chi connectivity index (χ1v) is 8.75. The van der Waals surface area contributed by atoms with E-state index in [2.05, 4.69) is 22.6 Å². The number of carbonyl (C=O) groups is 1. The Morgan fingerprint density at radius 3 is 1.91 bits per heavy atom. The van der Waals surface area contributed by atoms with Gasteiger partial charge in [-0.3, -0.25) is 0 Å². The lowest BCUT2D eigenvalue weighted by atomic mass is 9.71. The fourth-order valence-corrected chi connectivity index (χ4v) is 3.49. The van der Waals surface area contributed by atoms with Crippen LogP contribution in [-0.2, 0) is 14.0 Å². The lowest BCUT2D eigenvalue weighted by Crippen LogP contribution is -2.41. The van der Waals surface area contributed by atoms with E-state index in [-0.39, 0.29) is 5.97 Å². The molecule has 0 saturated carbocycles. The summed E-state index contributed by atoms with van der Waals surface area (Å²) in [6, 6.07) is 0. The highest BCUT2D eigenvalue weighted by atomic mass is 127. The van der Waals surface area contributed by atoms with Crippen LogP contribution >= 0.6 is 22.6 Å². The summed E-state index contributed by atoms with van der Waals surface area (Å²) >= 11 is 2.27. The van der Waals surface area contributed by atoms with Gasteiger partial charge in [-0.1, -0.05) is 0 Å². The summed E-state index contributed by atoms with van der Waals surface area (Å²) in [5.74, 6) is -0.323. The summed E-state index contributed by atoms with van der Waals surface area (Å²) in [6.45, 7) is 14.0. The van der Waals surface area contributed by atoms with Crippen LogP contribution in [0.2, 0.25) is 0 Å². The highest BCUT2D eigenvalue weighted by Gasteiger charge is 2.52. The second kappa shape index (κ2) is 6.04. The van der Waals surface area contributed by atoms with E-state index in [4.69, 9.17) is 14.0 Å². The van der Waals surface area contributed by atoms with Crippen molar-refractivity contribution in [3.05, 3.63) is 25.8 Å². The normalized spacial score (nSPS) is 19.1. The summed E-state index contributed by atoms with van der Waals surface area (Å²) in [7, 11) is 0.917. The maximum Gasteiger partial charge on any atom is 0.495 e. The van der Waals surface area contributed by atoms with E-state index in [1.807, 2.05) is 48.5 Å². The molecule has 1 aromatic rings. The summed E-state index contributed by atoms with van der Waals surface area (Å²) < 4.78 is 18.4. The van der Waals surface area contributed by atoms with Crippen molar-refractivity contribution < 1.29 is 18.8 Å². The molecular weight excluding hydrogens is 406 g/mol. The number of esters is 1. The van der Waals surface area contributed by atoms with Gasteiger partial charge in [0.1, 0.15) is 0 Å². The standard InChI is InChI=1S/C17H24BIO4/c1-9-12(15(20)21-8)10(2)14(19)11(3)13(9)18-22-16(4,5)17(6,7)23-18/h1-8H3. The van der Waals surface area contributed by atoms with E-state index >= 15 is 0 Å². The Kier molecular flexibility index (Phi) is 4.92. The maximum absolute atomic E-state index is 12.2. The van der Waals surface area contributed by atoms with Gasteiger partial charge >= 0.3 is 13.1 Å². The summed E-state index contributed by atoms with van der Waals surface area (Å²) in [6.07, 6.45) is 0. The third kappa shape index (κ3) is 2.93. The Balaban J connectivity index is 2.65. The summed E-state index contributed by atoms with van der Waals surface area (Å²) in [4.78, 5) is 12.2. The molecule has 0 radical (unpaired) electrons. The van der Waals surface area contributed by atoms with E-state index in [0.29, 0.717) is 5.56 Å².